The molecule has 0 aromatic carbocycles. The molecule has 4 heteroatoms. The Balaban J connectivity index is 3.52. The summed E-state index contributed by atoms with van der Waals surface area (Å²) in [4.78, 5) is 0. The van der Waals surface area contributed by atoms with Crippen LogP contribution < -0.4 is 0 Å². The molecule has 0 aliphatic heterocycles. The van der Waals surface area contributed by atoms with Crippen LogP contribution in [0.5, 0.6) is 0 Å². The second kappa shape index (κ2) is 25.0. The third kappa shape index (κ3) is 24.8. The standard InChI is InChI=1S/C29H60O3S/c1-3-5-7-9-11-13-14-15-16-17-18-19-20-22-24-26-28-29(33(30,31)32)27-25-23-21-12-10-8-6-4-2/h29H,3-28H2,1-2H3,(H,30,31,32). The first-order valence-electron chi connectivity index (χ1n) is 15.0. The van der Waals surface area contributed by atoms with Crippen molar-refractivity contribution in [2.75, 3.05) is 0 Å². The van der Waals surface area contributed by atoms with Gasteiger partial charge in [-0.2, -0.15) is 8.42 Å². The van der Waals surface area contributed by atoms with Crippen LogP contribution in [0.2, 0.25) is 0 Å². The van der Waals surface area contributed by atoms with E-state index < -0.39 is 15.4 Å². The molecule has 0 aliphatic carbocycles. The Bertz CT molecular complexity index is 475. The normalized spacial score (nSPS) is 12.9. The topological polar surface area (TPSA) is 54.4 Å². The van der Waals surface area contributed by atoms with E-state index in [2.05, 4.69) is 13.8 Å². The Kier molecular flexibility index (Phi) is 24.9. The second-order valence-electron chi connectivity index (χ2n) is 10.5. The van der Waals surface area contributed by atoms with Gasteiger partial charge in [-0.1, -0.05) is 168 Å². The first-order valence-corrected chi connectivity index (χ1v) is 16.5. The summed E-state index contributed by atoms with van der Waals surface area (Å²) in [6, 6.07) is 0. The molecule has 1 N–H and O–H groups in total. The molecule has 1 unspecified atom stereocenters. The predicted octanol–water partition coefficient (Wildman–Crippen LogP) is 10.4. The Morgan fingerprint density at radius 1 is 0.424 bits per heavy atom. The van der Waals surface area contributed by atoms with Gasteiger partial charge in [0.05, 0.1) is 5.25 Å². The van der Waals surface area contributed by atoms with Gasteiger partial charge in [0.2, 0.25) is 0 Å². The summed E-state index contributed by atoms with van der Waals surface area (Å²) in [5.41, 5.74) is 0. The molecule has 0 bridgehead atoms. The molecule has 0 saturated heterocycles. The zero-order valence-corrected chi connectivity index (χ0v) is 23.5. The fraction of sp³-hybridized carbons (Fsp3) is 1.00. The molecule has 0 spiro atoms. The van der Waals surface area contributed by atoms with Gasteiger partial charge < -0.3 is 0 Å². The minimum atomic E-state index is -3.89. The summed E-state index contributed by atoms with van der Waals surface area (Å²) in [5.74, 6) is 0. The first kappa shape index (κ1) is 32.9. The third-order valence-corrected chi connectivity index (χ3v) is 8.49. The van der Waals surface area contributed by atoms with Crippen molar-refractivity contribution in [1.29, 1.82) is 0 Å². The summed E-state index contributed by atoms with van der Waals surface area (Å²) >= 11 is 0. The van der Waals surface area contributed by atoms with Crippen molar-refractivity contribution in [3.63, 3.8) is 0 Å². The zero-order valence-electron chi connectivity index (χ0n) is 22.6. The van der Waals surface area contributed by atoms with Gasteiger partial charge in [-0.05, 0) is 12.8 Å². The summed E-state index contributed by atoms with van der Waals surface area (Å²) in [6.45, 7) is 4.51. The van der Waals surface area contributed by atoms with Gasteiger partial charge in [-0.15, -0.1) is 0 Å². The van der Waals surface area contributed by atoms with E-state index in [0.29, 0.717) is 12.8 Å². The van der Waals surface area contributed by atoms with Crippen LogP contribution in [0.1, 0.15) is 181 Å². The van der Waals surface area contributed by atoms with Gasteiger partial charge in [0.15, 0.2) is 0 Å². The van der Waals surface area contributed by atoms with Crippen LogP contribution in [-0.2, 0) is 10.1 Å². The molecule has 0 aromatic rings. The predicted molar refractivity (Wildman–Crippen MR) is 147 cm³/mol. The minimum absolute atomic E-state index is 0.538. The maximum atomic E-state index is 11.7. The molecule has 0 fully saturated rings. The smallest absolute Gasteiger partial charge is 0.267 e. The molecule has 200 valence electrons. The molecule has 0 amide bonds. The number of hydrogen-bond acceptors (Lipinski definition) is 2. The molecule has 3 nitrogen and oxygen atoms in total. The van der Waals surface area contributed by atoms with Crippen molar-refractivity contribution in [3.8, 4) is 0 Å². The molecule has 0 aromatic heterocycles. The van der Waals surface area contributed by atoms with Crippen LogP contribution in [-0.4, -0.2) is 18.2 Å². The highest BCUT2D eigenvalue weighted by atomic mass is 32.2. The van der Waals surface area contributed by atoms with Crippen molar-refractivity contribution in [2.24, 2.45) is 0 Å². The zero-order chi connectivity index (χ0) is 24.5. The van der Waals surface area contributed by atoms with Crippen LogP contribution in [0.25, 0.3) is 0 Å². The van der Waals surface area contributed by atoms with Gasteiger partial charge in [-0.25, -0.2) is 0 Å². The number of hydrogen-bond donors (Lipinski definition) is 1. The lowest BCUT2D eigenvalue weighted by Crippen LogP contribution is -2.20. The van der Waals surface area contributed by atoms with Crippen molar-refractivity contribution in [2.45, 2.75) is 186 Å². The van der Waals surface area contributed by atoms with E-state index in [1.165, 1.54) is 128 Å². The van der Waals surface area contributed by atoms with E-state index in [1.807, 2.05) is 0 Å². The maximum Gasteiger partial charge on any atom is 0.267 e. The highest BCUT2D eigenvalue weighted by molar-refractivity contribution is 7.86. The van der Waals surface area contributed by atoms with Crippen molar-refractivity contribution in [3.05, 3.63) is 0 Å². The summed E-state index contributed by atoms with van der Waals surface area (Å²) in [7, 11) is -3.89. The van der Waals surface area contributed by atoms with Crippen LogP contribution in [0.3, 0.4) is 0 Å². The lowest BCUT2D eigenvalue weighted by molar-refractivity contribution is 0.442. The van der Waals surface area contributed by atoms with Crippen LogP contribution >= 0.6 is 0 Å². The molecule has 0 rings (SSSR count). The Hall–Kier alpha value is -0.0900. The maximum absolute atomic E-state index is 11.7. The van der Waals surface area contributed by atoms with E-state index in [-0.39, 0.29) is 0 Å². The van der Waals surface area contributed by atoms with Gasteiger partial charge >= 0.3 is 0 Å². The van der Waals surface area contributed by atoms with Crippen LogP contribution in [0.15, 0.2) is 0 Å². The quantitative estimate of drug-likeness (QED) is 0.0923. The van der Waals surface area contributed by atoms with Gasteiger partial charge in [0, 0.05) is 0 Å². The Morgan fingerprint density at radius 3 is 0.848 bits per heavy atom. The lowest BCUT2D eigenvalue weighted by Gasteiger charge is -2.13. The highest BCUT2D eigenvalue weighted by Gasteiger charge is 2.21. The summed E-state index contributed by atoms with van der Waals surface area (Å²) in [6.07, 6.45) is 32.2. The van der Waals surface area contributed by atoms with E-state index in [0.717, 1.165) is 25.7 Å². The van der Waals surface area contributed by atoms with Gasteiger partial charge in [0.25, 0.3) is 10.1 Å². The van der Waals surface area contributed by atoms with Crippen LogP contribution in [0, 0.1) is 0 Å². The third-order valence-electron chi connectivity index (χ3n) is 7.18. The van der Waals surface area contributed by atoms with E-state index in [9.17, 15) is 13.0 Å². The molecule has 1 atom stereocenters. The molecule has 0 saturated carbocycles. The molecule has 0 heterocycles. The van der Waals surface area contributed by atoms with Crippen molar-refractivity contribution in [1.82, 2.24) is 0 Å². The van der Waals surface area contributed by atoms with Gasteiger partial charge in [-0.3, -0.25) is 4.55 Å². The largest absolute Gasteiger partial charge is 0.285 e. The SMILES string of the molecule is CCCCCCCCCCCCCCCCCCC(CCCCCCCCCC)S(=O)(=O)O. The Labute approximate surface area is 209 Å². The van der Waals surface area contributed by atoms with E-state index in [4.69, 9.17) is 0 Å². The summed E-state index contributed by atoms with van der Waals surface area (Å²) < 4.78 is 33.0. The monoisotopic (exact) mass is 488 g/mol. The fourth-order valence-electron chi connectivity index (χ4n) is 4.87. The molecular weight excluding hydrogens is 428 g/mol. The Morgan fingerprint density at radius 2 is 0.636 bits per heavy atom. The molecule has 0 aliphatic rings. The molecule has 0 radical (unpaired) electrons. The van der Waals surface area contributed by atoms with Crippen molar-refractivity contribution >= 4 is 10.1 Å². The molecule has 33 heavy (non-hydrogen) atoms. The number of unbranched alkanes of at least 4 members (excludes halogenated alkanes) is 22. The van der Waals surface area contributed by atoms with E-state index >= 15 is 0 Å². The van der Waals surface area contributed by atoms with Crippen LogP contribution in [0.4, 0.5) is 0 Å². The average molecular weight is 489 g/mol. The lowest BCUT2D eigenvalue weighted by atomic mass is 10.0. The molecular formula is C29H60O3S. The van der Waals surface area contributed by atoms with E-state index in [1.54, 1.807) is 0 Å². The van der Waals surface area contributed by atoms with Crippen molar-refractivity contribution < 1.29 is 13.0 Å². The average Bonchev–Trinajstić information content (AvgIpc) is 2.78. The fourth-order valence-corrected chi connectivity index (χ4v) is 5.80. The highest BCUT2D eigenvalue weighted by Crippen LogP contribution is 2.20. The second-order valence-corrected chi connectivity index (χ2v) is 12.2. The minimum Gasteiger partial charge on any atom is -0.285 e. The van der Waals surface area contributed by atoms with Gasteiger partial charge in [0.1, 0.15) is 0 Å². The summed E-state index contributed by atoms with van der Waals surface area (Å²) in [5, 5.41) is -0.538. The number of rotatable bonds is 27. The first-order chi connectivity index (χ1) is 16.0.